The lowest BCUT2D eigenvalue weighted by molar-refractivity contribution is -0.128. The van der Waals surface area contributed by atoms with E-state index in [1.54, 1.807) is 0 Å². The van der Waals surface area contributed by atoms with E-state index >= 15 is 0 Å². The monoisotopic (exact) mass is 359 g/mol. The molecule has 1 aliphatic rings. The molecule has 1 aromatic carbocycles. The number of unbranched alkanes of at least 4 members (excludes halogenated alkanes) is 1. The van der Waals surface area contributed by atoms with Crippen LogP contribution in [0.5, 0.6) is 0 Å². The third-order valence-electron chi connectivity index (χ3n) is 5.06. The molecule has 144 valence electrons. The van der Waals surface area contributed by atoms with E-state index in [1.165, 1.54) is 0 Å². The highest BCUT2D eigenvalue weighted by atomic mass is 16.2. The molecule has 0 saturated carbocycles. The number of rotatable bonds is 7. The third-order valence-corrected chi connectivity index (χ3v) is 5.06. The van der Waals surface area contributed by atoms with Crippen LogP contribution in [0.4, 0.5) is 5.69 Å². The first-order chi connectivity index (χ1) is 12.4. The number of piperidine rings is 1. The van der Waals surface area contributed by atoms with Crippen molar-refractivity contribution in [1.82, 2.24) is 10.2 Å². The van der Waals surface area contributed by atoms with E-state index in [4.69, 9.17) is 0 Å². The fraction of sp³-hybridized carbons (Fsp3) is 0.619. The summed E-state index contributed by atoms with van der Waals surface area (Å²) < 4.78 is 0. The van der Waals surface area contributed by atoms with Crippen LogP contribution in [0.25, 0.3) is 0 Å². The smallest absolute Gasteiger partial charge is 0.238 e. The SMILES string of the molecule is CCCCNC(=O)C1CCC(C)N(CC(=O)Nc2cc(C)cc(C)c2)C1. The van der Waals surface area contributed by atoms with Crippen LogP contribution in [-0.2, 0) is 9.59 Å². The van der Waals surface area contributed by atoms with Gasteiger partial charge >= 0.3 is 0 Å². The number of amides is 2. The van der Waals surface area contributed by atoms with E-state index in [-0.39, 0.29) is 17.7 Å². The predicted molar refractivity (Wildman–Crippen MR) is 106 cm³/mol. The van der Waals surface area contributed by atoms with Gasteiger partial charge in [-0.2, -0.15) is 0 Å². The van der Waals surface area contributed by atoms with E-state index in [9.17, 15) is 9.59 Å². The Morgan fingerprint density at radius 1 is 1.15 bits per heavy atom. The second-order valence-electron chi connectivity index (χ2n) is 7.62. The Labute approximate surface area is 157 Å². The van der Waals surface area contributed by atoms with Gasteiger partial charge in [0.15, 0.2) is 0 Å². The van der Waals surface area contributed by atoms with Crippen molar-refractivity contribution in [2.24, 2.45) is 5.92 Å². The maximum absolute atomic E-state index is 12.5. The summed E-state index contributed by atoms with van der Waals surface area (Å²) in [7, 11) is 0. The number of aryl methyl sites for hydroxylation is 2. The molecule has 0 aromatic heterocycles. The zero-order valence-corrected chi connectivity index (χ0v) is 16.6. The van der Waals surface area contributed by atoms with Crippen LogP contribution < -0.4 is 10.6 Å². The zero-order valence-electron chi connectivity index (χ0n) is 16.6. The number of nitrogens with one attached hydrogen (secondary N) is 2. The lowest BCUT2D eigenvalue weighted by Gasteiger charge is -2.36. The molecule has 1 saturated heterocycles. The van der Waals surface area contributed by atoms with Crippen molar-refractivity contribution in [3.8, 4) is 0 Å². The summed E-state index contributed by atoms with van der Waals surface area (Å²) in [4.78, 5) is 27.0. The molecular weight excluding hydrogens is 326 g/mol. The Balaban J connectivity index is 1.89. The first-order valence-electron chi connectivity index (χ1n) is 9.79. The van der Waals surface area contributed by atoms with E-state index < -0.39 is 0 Å². The molecule has 2 unspecified atom stereocenters. The van der Waals surface area contributed by atoms with Gasteiger partial charge in [-0.15, -0.1) is 0 Å². The zero-order chi connectivity index (χ0) is 19.1. The molecule has 2 amide bonds. The number of hydrogen-bond donors (Lipinski definition) is 2. The third kappa shape index (κ3) is 6.13. The number of benzene rings is 1. The summed E-state index contributed by atoms with van der Waals surface area (Å²) in [6, 6.07) is 6.37. The standard InChI is InChI=1S/C21H33N3O2/c1-5-6-9-22-21(26)18-8-7-17(4)24(13-18)14-20(25)23-19-11-15(2)10-16(3)12-19/h10-12,17-18H,5-9,13-14H2,1-4H3,(H,22,26)(H,23,25). The first-order valence-corrected chi connectivity index (χ1v) is 9.79. The van der Waals surface area contributed by atoms with Gasteiger partial charge in [0.2, 0.25) is 11.8 Å². The molecular formula is C21H33N3O2. The molecule has 26 heavy (non-hydrogen) atoms. The molecule has 0 aliphatic carbocycles. The maximum Gasteiger partial charge on any atom is 0.238 e. The quantitative estimate of drug-likeness (QED) is 0.735. The fourth-order valence-corrected chi connectivity index (χ4v) is 3.58. The van der Waals surface area contributed by atoms with Crippen molar-refractivity contribution in [2.75, 3.05) is 25.0 Å². The maximum atomic E-state index is 12.5. The average Bonchev–Trinajstić information content (AvgIpc) is 2.56. The fourth-order valence-electron chi connectivity index (χ4n) is 3.58. The average molecular weight is 360 g/mol. The molecule has 2 rings (SSSR count). The number of anilines is 1. The Bertz CT molecular complexity index is 609. The molecule has 0 bridgehead atoms. The van der Waals surface area contributed by atoms with E-state index in [0.717, 1.165) is 49.0 Å². The molecule has 2 atom stereocenters. The van der Waals surface area contributed by atoms with E-state index in [2.05, 4.69) is 35.4 Å². The normalized spacial score (nSPS) is 20.6. The highest BCUT2D eigenvalue weighted by Crippen LogP contribution is 2.22. The van der Waals surface area contributed by atoms with Gasteiger partial charge in [0.25, 0.3) is 0 Å². The van der Waals surface area contributed by atoms with Crippen LogP contribution in [0, 0.1) is 19.8 Å². The lowest BCUT2D eigenvalue weighted by Crippen LogP contribution is -2.49. The molecule has 1 fully saturated rings. The van der Waals surface area contributed by atoms with Crippen LogP contribution in [0.3, 0.4) is 0 Å². The number of hydrogen-bond acceptors (Lipinski definition) is 3. The largest absolute Gasteiger partial charge is 0.356 e. The minimum atomic E-state index is -0.0195. The van der Waals surface area contributed by atoms with Crippen LogP contribution in [0.15, 0.2) is 18.2 Å². The Morgan fingerprint density at radius 3 is 2.50 bits per heavy atom. The Kier molecular flexibility index (Phi) is 7.64. The van der Waals surface area contributed by atoms with E-state index in [1.807, 2.05) is 26.0 Å². The highest BCUT2D eigenvalue weighted by Gasteiger charge is 2.30. The molecule has 0 radical (unpaired) electrons. The molecule has 1 heterocycles. The Hall–Kier alpha value is -1.88. The minimum Gasteiger partial charge on any atom is -0.356 e. The van der Waals surface area contributed by atoms with Gasteiger partial charge in [0, 0.05) is 24.8 Å². The molecule has 5 nitrogen and oxygen atoms in total. The van der Waals surface area contributed by atoms with Gasteiger partial charge in [-0.3, -0.25) is 14.5 Å². The molecule has 1 aliphatic heterocycles. The second kappa shape index (κ2) is 9.72. The molecule has 0 spiro atoms. The molecule has 5 heteroatoms. The van der Waals surface area contributed by atoms with Crippen molar-refractivity contribution in [3.63, 3.8) is 0 Å². The Morgan fingerprint density at radius 2 is 1.85 bits per heavy atom. The summed E-state index contributed by atoms with van der Waals surface area (Å²) in [5, 5.41) is 6.02. The summed E-state index contributed by atoms with van der Waals surface area (Å²) in [5.41, 5.74) is 3.11. The molecule has 1 aromatic rings. The van der Waals surface area contributed by atoms with Crippen LogP contribution in [0.2, 0.25) is 0 Å². The topological polar surface area (TPSA) is 61.4 Å². The minimum absolute atomic E-state index is 0.0166. The first kappa shape index (κ1) is 20.4. The summed E-state index contributed by atoms with van der Waals surface area (Å²) >= 11 is 0. The van der Waals surface area contributed by atoms with Crippen molar-refractivity contribution >= 4 is 17.5 Å². The van der Waals surface area contributed by atoms with Crippen molar-refractivity contribution < 1.29 is 9.59 Å². The van der Waals surface area contributed by atoms with Crippen LogP contribution in [0.1, 0.15) is 50.7 Å². The van der Waals surface area contributed by atoms with Crippen LogP contribution in [-0.4, -0.2) is 42.4 Å². The second-order valence-corrected chi connectivity index (χ2v) is 7.62. The van der Waals surface area contributed by atoms with Crippen molar-refractivity contribution in [3.05, 3.63) is 29.3 Å². The summed E-state index contributed by atoms with van der Waals surface area (Å²) in [6.07, 6.45) is 3.93. The van der Waals surface area contributed by atoms with Gasteiger partial charge in [-0.1, -0.05) is 19.4 Å². The number of carbonyl (C=O) groups excluding carboxylic acids is 2. The van der Waals surface area contributed by atoms with Gasteiger partial charge in [0.05, 0.1) is 12.5 Å². The summed E-state index contributed by atoms with van der Waals surface area (Å²) in [5.74, 6) is 0.0935. The van der Waals surface area contributed by atoms with Gasteiger partial charge < -0.3 is 10.6 Å². The predicted octanol–water partition coefficient (Wildman–Crippen LogP) is 3.26. The number of likely N-dealkylation sites (tertiary alicyclic amines) is 1. The van der Waals surface area contributed by atoms with Gasteiger partial charge in [-0.25, -0.2) is 0 Å². The van der Waals surface area contributed by atoms with Gasteiger partial charge in [-0.05, 0) is 63.3 Å². The number of nitrogens with zero attached hydrogens (tertiary/aromatic N) is 1. The molecule has 2 N–H and O–H groups in total. The van der Waals surface area contributed by atoms with Crippen LogP contribution >= 0.6 is 0 Å². The van der Waals surface area contributed by atoms with Crippen molar-refractivity contribution in [2.45, 2.75) is 59.4 Å². The number of carbonyl (C=O) groups is 2. The van der Waals surface area contributed by atoms with Crippen molar-refractivity contribution in [1.29, 1.82) is 0 Å². The lowest BCUT2D eigenvalue weighted by atomic mass is 9.92. The van der Waals surface area contributed by atoms with E-state index in [0.29, 0.717) is 19.1 Å². The summed E-state index contributed by atoms with van der Waals surface area (Å²) in [6.45, 7) is 10.0. The van der Waals surface area contributed by atoms with Gasteiger partial charge in [0.1, 0.15) is 0 Å². The highest BCUT2D eigenvalue weighted by molar-refractivity contribution is 5.92.